The van der Waals surface area contributed by atoms with Crippen LogP contribution in [0.25, 0.3) is 0 Å². The Morgan fingerprint density at radius 2 is 2.13 bits per heavy atom. The van der Waals surface area contributed by atoms with E-state index in [1.54, 1.807) is 0 Å². The van der Waals surface area contributed by atoms with Crippen LogP contribution in [0.2, 0.25) is 0 Å². The zero-order valence-electron chi connectivity index (χ0n) is 9.99. The highest BCUT2D eigenvalue weighted by molar-refractivity contribution is 5.42. The minimum Gasteiger partial charge on any atom is -0.392 e. The number of aryl methyl sites for hydroxylation is 1. The van der Waals surface area contributed by atoms with Gasteiger partial charge in [-0.3, -0.25) is 0 Å². The Kier molecular flexibility index (Phi) is 4.09. The molecule has 0 aromatic carbocycles. The van der Waals surface area contributed by atoms with E-state index in [9.17, 15) is 0 Å². The lowest BCUT2D eigenvalue weighted by Crippen LogP contribution is -2.29. The molecule has 3 nitrogen and oxygen atoms in total. The molecular weight excluding hydrogens is 188 g/mol. The van der Waals surface area contributed by atoms with Crippen molar-refractivity contribution in [2.75, 3.05) is 11.9 Å². The molecule has 1 heterocycles. The van der Waals surface area contributed by atoms with Crippen molar-refractivity contribution >= 4 is 5.82 Å². The van der Waals surface area contributed by atoms with Crippen LogP contribution in [0.3, 0.4) is 0 Å². The molecule has 1 unspecified atom stereocenters. The molecule has 1 N–H and O–H groups in total. The van der Waals surface area contributed by atoms with Gasteiger partial charge in [0.25, 0.3) is 0 Å². The number of pyridine rings is 1. The summed E-state index contributed by atoms with van der Waals surface area (Å²) in [5.41, 5.74) is 1.87. The lowest BCUT2D eigenvalue weighted by atomic mass is 10.2. The number of aliphatic hydroxyl groups excluding tert-OH is 1. The number of aliphatic hydroxyl groups is 1. The summed E-state index contributed by atoms with van der Waals surface area (Å²) < 4.78 is 0. The molecule has 0 aliphatic rings. The van der Waals surface area contributed by atoms with Gasteiger partial charge in [0.15, 0.2) is 0 Å². The molecule has 0 spiro atoms. The summed E-state index contributed by atoms with van der Waals surface area (Å²) in [7, 11) is 2.04. The normalized spacial score (nSPS) is 12.6. The molecule has 0 aliphatic carbocycles. The Morgan fingerprint density at radius 1 is 1.47 bits per heavy atom. The summed E-state index contributed by atoms with van der Waals surface area (Å²) in [6.07, 6.45) is 1.08. The molecule has 1 rings (SSSR count). The van der Waals surface area contributed by atoms with Gasteiger partial charge in [-0.15, -0.1) is 0 Å². The van der Waals surface area contributed by atoms with Gasteiger partial charge < -0.3 is 10.0 Å². The first-order valence-electron chi connectivity index (χ1n) is 5.39. The Bertz CT molecular complexity index is 325. The SMILES string of the molecule is CCC(C)N(C)c1cc(CO)cc(C)n1. The van der Waals surface area contributed by atoms with E-state index in [0.29, 0.717) is 6.04 Å². The van der Waals surface area contributed by atoms with Gasteiger partial charge in [0.2, 0.25) is 0 Å². The minimum absolute atomic E-state index is 0.0741. The van der Waals surface area contributed by atoms with E-state index in [4.69, 9.17) is 5.11 Å². The maximum absolute atomic E-state index is 9.12. The third-order valence-corrected chi connectivity index (χ3v) is 2.80. The van der Waals surface area contributed by atoms with Gasteiger partial charge in [0.05, 0.1) is 6.61 Å². The first-order valence-corrected chi connectivity index (χ1v) is 5.39. The van der Waals surface area contributed by atoms with Crippen LogP contribution in [-0.4, -0.2) is 23.2 Å². The van der Waals surface area contributed by atoms with Crippen molar-refractivity contribution in [3.05, 3.63) is 23.4 Å². The number of hydrogen-bond acceptors (Lipinski definition) is 3. The fraction of sp³-hybridized carbons (Fsp3) is 0.583. The molecule has 0 saturated carbocycles. The fourth-order valence-electron chi connectivity index (χ4n) is 1.49. The predicted molar refractivity (Wildman–Crippen MR) is 63.1 cm³/mol. The lowest BCUT2D eigenvalue weighted by molar-refractivity contribution is 0.281. The van der Waals surface area contributed by atoms with Crippen LogP contribution < -0.4 is 4.90 Å². The molecule has 15 heavy (non-hydrogen) atoms. The smallest absolute Gasteiger partial charge is 0.129 e. The molecule has 84 valence electrons. The number of hydrogen-bond donors (Lipinski definition) is 1. The average molecular weight is 208 g/mol. The summed E-state index contributed by atoms with van der Waals surface area (Å²) >= 11 is 0. The van der Waals surface area contributed by atoms with Crippen molar-refractivity contribution in [2.45, 2.75) is 39.8 Å². The van der Waals surface area contributed by atoms with Crippen molar-refractivity contribution in [3.63, 3.8) is 0 Å². The molecule has 0 fully saturated rings. The Balaban J connectivity index is 2.97. The van der Waals surface area contributed by atoms with Crippen molar-refractivity contribution < 1.29 is 5.11 Å². The topological polar surface area (TPSA) is 36.4 Å². The van der Waals surface area contributed by atoms with E-state index >= 15 is 0 Å². The number of aromatic nitrogens is 1. The largest absolute Gasteiger partial charge is 0.392 e. The predicted octanol–water partition coefficient (Wildman–Crippen LogP) is 2.12. The van der Waals surface area contributed by atoms with Crippen LogP contribution in [0.1, 0.15) is 31.5 Å². The van der Waals surface area contributed by atoms with E-state index in [2.05, 4.69) is 23.7 Å². The maximum atomic E-state index is 9.12. The highest BCUT2D eigenvalue weighted by atomic mass is 16.3. The van der Waals surface area contributed by atoms with Crippen molar-refractivity contribution in [3.8, 4) is 0 Å². The van der Waals surface area contributed by atoms with Crippen LogP contribution in [0, 0.1) is 6.92 Å². The zero-order chi connectivity index (χ0) is 11.4. The van der Waals surface area contributed by atoms with Crippen LogP contribution >= 0.6 is 0 Å². The first-order chi connectivity index (χ1) is 7.08. The van der Waals surface area contributed by atoms with Gasteiger partial charge in [-0.2, -0.15) is 0 Å². The molecule has 0 amide bonds. The zero-order valence-corrected chi connectivity index (χ0v) is 9.99. The second kappa shape index (κ2) is 5.12. The third-order valence-electron chi connectivity index (χ3n) is 2.80. The Hall–Kier alpha value is -1.09. The highest BCUT2D eigenvalue weighted by Crippen LogP contribution is 2.17. The molecule has 0 bridgehead atoms. The summed E-state index contributed by atoms with van der Waals surface area (Å²) in [6.45, 7) is 6.35. The molecule has 1 aromatic heterocycles. The Labute approximate surface area is 91.8 Å². The molecule has 0 radical (unpaired) electrons. The van der Waals surface area contributed by atoms with Crippen molar-refractivity contribution in [1.82, 2.24) is 4.98 Å². The maximum Gasteiger partial charge on any atom is 0.129 e. The van der Waals surface area contributed by atoms with E-state index in [1.165, 1.54) is 0 Å². The lowest BCUT2D eigenvalue weighted by Gasteiger charge is -2.25. The van der Waals surface area contributed by atoms with Gasteiger partial charge in [-0.05, 0) is 38.0 Å². The van der Waals surface area contributed by atoms with E-state index in [-0.39, 0.29) is 6.61 Å². The number of rotatable bonds is 4. The monoisotopic (exact) mass is 208 g/mol. The van der Waals surface area contributed by atoms with Gasteiger partial charge >= 0.3 is 0 Å². The van der Waals surface area contributed by atoms with Crippen LogP contribution in [0.4, 0.5) is 5.82 Å². The second-order valence-electron chi connectivity index (χ2n) is 4.00. The van der Waals surface area contributed by atoms with E-state index in [1.807, 2.05) is 26.1 Å². The quantitative estimate of drug-likeness (QED) is 0.823. The van der Waals surface area contributed by atoms with Crippen molar-refractivity contribution in [2.24, 2.45) is 0 Å². The standard InChI is InChI=1S/C12H20N2O/c1-5-10(3)14(4)12-7-11(8-15)6-9(2)13-12/h6-7,10,15H,5,8H2,1-4H3. The summed E-state index contributed by atoms with van der Waals surface area (Å²) in [4.78, 5) is 6.61. The van der Waals surface area contributed by atoms with E-state index in [0.717, 1.165) is 23.5 Å². The molecule has 1 atom stereocenters. The summed E-state index contributed by atoms with van der Waals surface area (Å²) in [5.74, 6) is 0.938. The van der Waals surface area contributed by atoms with E-state index < -0.39 is 0 Å². The molecular formula is C12H20N2O. The van der Waals surface area contributed by atoms with Gasteiger partial charge in [0, 0.05) is 18.8 Å². The molecule has 1 aromatic rings. The van der Waals surface area contributed by atoms with Gasteiger partial charge in [-0.1, -0.05) is 6.92 Å². The number of anilines is 1. The third kappa shape index (κ3) is 2.93. The molecule has 3 heteroatoms. The average Bonchev–Trinajstić information content (AvgIpc) is 2.26. The van der Waals surface area contributed by atoms with Crippen LogP contribution in [0.5, 0.6) is 0 Å². The van der Waals surface area contributed by atoms with Gasteiger partial charge in [-0.25, -0.2) is 4.98 Å². The fourth-order valence-corrected chi connectivity index (χ4v) is 1.49. The number of nitrogens with zero attached hydrogens (tertiary/aromatic N) is 2. The van der Waals surface area contributed by atoms with Crippen molar-refractivity contribution in [1.29, 1.82) is 0 Å². The molecule has 0 aliphatic heterocycles. The summed E-state index contributed by atoms with van der Waals surface area (Å²) in [6, 6.07) is 4.32. The van der Waals surface area contributed by atoms with Crippen LogP contribution in [0.15, 0.2) is 12.1 Å². The van der Waals surface area contributed by atoms with Gasteiger partial charge in [0.1, 0.15) is 5.82 Å². The first kappa shape index (κ1) is 12.0. The molecule has 0 saturated heterocycles. The Morgan fingerprint density at radius 3 is 2.67 bits per heavy atom. The minimum atomic E-state index is 0.0741. The highest BCUT2D eigenvalue weighted by Gasteiger charge is 2.10. The summed E-state index contributed by atoms with van der Waals surface area (Å²) in [5, 5.41) is 9.12. The second-order valence-corrected chi connectivity index (χ2v) is 4.00. The van der Waals surface area contributed by atoms with Crippen LogP contribution in [-0.2, 0) is 6.61 Å².